The molecule has 0 aliphatic carbocycles. The van der Waals surface area contributed by atoms with Crippen molar-refractivity contribution in [3.63, 3.8) is 0 Å². The Kier molecular flexibility index (Phi) is 4.69. The van der Waals surface area contributed by atoms with Crippen LogP contribution < -0.4 is 0 Å². The summed E-state index contributed by atoms with van der Waals surface area (Å²) in [5, 5.41) is 8.83. The Balaban J connectivity index is 3.38. The molecule has 11 heavy (non-hydrogen) atoms. The average molecular weight is 160 g/mol. The molecular formula is C9H20O2. The second-order valence-corrected chi connectivity index (χ2v) is 3.95. The van der Waals surface area contributed by atoms with Crippen molar-refractivity contribution in [2.45, 2.75) is 39.7 Å². The first kappa shape index (κ1) is 10.9. The van der Waals surface area contributed by atoms with Crippen LogP contribution in [0.1, 0.15) is 34.1 Å². The van der Waals surface area contributed by atoms with Crippen LogP contribution in [0, 0.1) is 5.92 Å². The Morgan fingerprint density at radius 2 is 1.91 bits per heavy atom. The van der Waals surface area contributed by atoms with Crippen molar-refractivity contribution in [1.29, 1.82) is 0 Å². The summed E-state index contributed by atoms with van der Waals surface area (Å²) in [6.07, 6.45) is 1.06. The van der Waals surface area contributed by atoms with E-state index in [1.165, 1.54) is 0 Å². The quantitative estimate of drug-likeness (QED) is 0.664. The van der Waals surface area contributed by atoms with Crippen molar-refractivity contribution in [2.24, 2.45) is 5.92 Å². The zero-order chi connectivity index (χ0) is 8.91. The fourth-order valence-corrected chi connectivity index (χ4v) is 0.617. The second kappa shape index (κ2) is 4.73. The maximum absolute atomic E-state index is 8.83. The molecule has 0 fully saturated rings. The van der Waals surface area contributed by atoms with Gasteiger partial charge in [0.25, 0.3) is 0 Å². The fourth-order valence-electron chi connectivity index (χ4n) is 0.617. The zero-order valence-electron chi connectivity index (χ0n) is 8.05. The maximum atomic E-state index is 8.83. The molecule has 0 aliphatic rings. The molecule has 0 radical (unpaired) electrons. The molecular weight excluding hydrogens is 140 g/mol. The highest BCUT2D eigenvalue weighted by Gasteiger charge is 2.15. The minimum Gasteiger partial charge on any atom is -0.393 e. The van der Waals surface area contributed by atoms with E-state index >= 15 is 0 Å². The van der Waals surface area contributed by atoms with E-state index < -0.39 is 0 Å². The Labute approximate surface area is 69.6 Å². The minimum absolute atomic E-state index is 0.0884. The molecule has 0 aromatic heterocycles. The molecule has 0 heterocycles. The van der Waals surface area contributed by atoms with Crippen molar-refractivity contribution < 1.29 is 9.84 Å². The largest absolute Gasteiger partial charge is 0.393 e. The molecule has 0 spiro atoms. The molecule has 0 aromatic carbocycles. The highest BCUT2D eigenvalue weighted by Crippen LogP contribution is 2.09. The molecule has 2 heteroatoms. The van der Waals surface area contributed by atoms with E-state index in [0.29, 0.717) is 5.92 Å². The molecule has 1 N–H and O–H groups in total. The normalized spacial score (nSPS) is 12.5. The number of ether oxygens (including phenoxy) is 1. The lowest BCUT2D eigenvalue weighted by Crippen LogP contribution is -2.29. The van der Waals surface area contributed by atoms with Crippen LogP contribution in [0.3, 0.4) is 0 Å². The molecule has 0 saturated carbocycles. The van der Waals surface area contributed by atoms with E-state index in [1.54, 1.807) is 0 Å². The Bertz CT molecular complexity index is 97.7. The summed E-state index contributed by atoms with van der Waals surface area (Å²) in [6, 6.07) is 0. The minimum atomic E-state index is -0.366. The third-order valence-electron chi connectivity index (χ3n) is 1.57. The van der Waals surface area contributed by atoms with Crippen molar-refractivity contribution in [3.8, 4) is 0 Å². The van der Waals surface area contributed by atoms with Crippen LogP contribution in [0.4, 0.5) is 0 Å². The van der Waals surface area contributed by atoms with Gasteiger partial charge in [-0.3, -0.25) is 0 Å². The van der Waals surface area contributed by atoms with E-state index in [4.69, 9.17) is 9.84 Å². The van der Waals surface area contributed by atoms with E-state index in [-0.39, 0.29) is 12.2 Å². The van der Waals surface area contributed by atoms with Crippen LogP contribution in [0.2, 0.25) is 0 Å². The van der Waals surface area contributed by atoms with Crippen molar-refractivity contribution in [3.05, 3.63) is 0 Å². The molecule has 0 aromatic rings. The lowest BCUT2D eigenvalue weighted by molar-refractivity contribution is -0.0567. The summed E-state index contributed by atoms with van der Waals surface area (Å²) >= 11 is 0. The summed E-state index contributed by atoms with van der Waals surface area (Å²) in [4.78, 5) is 0. The predicted octanol–water partition coefficient (Wildman–Crippen LogP) is 1.82. The summed E-state index contributed by atoms with van der Waals surface area (Å²) in [7, 11) is 0. The lowest BCUT2D eigenvalue weighted by atomic mass is 10.1. The molecule has 0 saturated heterocycles. The van der Waals surface area contributed by atoms with Gasteiger partial charge < -0.3 is 9.84 Å². The van der Waals surface area contributed by atoms with E-state index in [2.05, 4.69) is 13.8 Å². The van der Waals surface area contributed by atoms with Gasteiger partial charge in [0, 0.05) is 6.61 Å². The van der Waals surface area contributed by atoms with Gasteiger partial charge in [-0.05, 0) is 26.2 Å². The van der Waals surface area contributed by atoms with E-state index in [9.17, 15) is 0 Å². The average Bonchev–Trinajstić information content (AvgIpc) is 1.87. The van der Waals surface area contributed by atoms with Crippen molar-refractivity contribution >= 4 is 0 Å². The third-order valence-corrected chi connectivity index (χ3v) is 1.57. The summed E-state index contributed by atoms with van der Waals surface area (Å²) in [5.74, 6) is 0.671. The van der Waals surface area contributed by atoms with Gasteiger partial charge in [-0.15, -0.1) is 0 Å². The number of rotatable bonds is 5. The van der Waals surface area contributed by atoms with Gasteiger partial charge in [-0.1, -0.05) is 13.8 Å². The third kappa shape index (κ3) is 6.32. The highest BCUT2D eigenvalue weighted by molar-refractivity contribution is 4.65. The fraction of sp³-hybridized carbons (Fsp3) is 1.00. The summed E-state index contributed by atoms with van der Waals surface area (Å²) in [5.41, 5.74) is -0.366. The first-order valence-electron chi connectivity index (χ1n) is 4.23. The molecule has 68 valence electrons. The van der Waals surface area contributed by atoms with Crippen molar-refractivity contribution in [1.82, 2.24) is 0 Å². The molecule has 0 atom stereocenters. The molecule has 0 amide bonds. The Morgan fingerprint density at radius 3 is 2.27 bits per heavy atom. The highest BCUT2D eigenvalue weighted by atomic mass is 16.5. The van der Waals surface area contributed by atoms with Gasteiger partial charge in [0.15, 0.2) is 0 Å². The van der Waals surface area contributed by atoms with E-state index in [0.717, 1.165) is 13.0 Å². The van der Waals surface area contributed by atoms with Crippen LogP contribution in [-0.2, 0) is 4.74 Å². The number of hydrogen-bond donors (Lipinski definition) is 1. The first-order chi connectivity index (χ1) is 4.98. The van der Waals surface area contributed by atoms with Gasteiger partial charge in [-0.2, -0.15) is 0 Å². The number of aliphatic hydroxyl groups excluding tert-OH is 1. The first-order valence-corrected chi connectivity index (χ1v) is 4.23. The van der Waals surface area contributed by atoms with Gasteiger partial charge in [0.05, 0.1) is 12.2 Å². The smallest absolute Gasteiger partial charge is 0.0856 e. The van der Waals surface area contributed by atoms with Crippen LogP contribution in [0.5, 0.6) is 0 Å². The standard InChI is InChI=1S/C9H20O2/c1-8(2)5-6-11-9(3,4)7-10/h8,10H,5-7H2,1-4H3. The van der Waals surface area contributed by atoms with Gasteiger partial charge in [0.2, 0.25) is 0 Å². The Hall–Kier alpha value is -0.0800. The predicted molar refractivity (Wildman–Crippen MR) is 46.6 cm³/mol. The molecule has 0 aliphatic heterocycles. The monoisotopic (exact) mass is 160 g/mol. The molecule has 0 rings (SSSR count). The van der Waals surface area contributed by atoms with Crippen LogP contribution in [0.15, 0.2) is 0 Å². The van der Waals surface area contributed by atoms with Gasteiger partial charge in [-0.25, -0.2) is 0 Å². The van der Waals surface area contributed by atoms with Crippen LogP contribution in [-0.4, -0.2) is 23.9 Å². The van der Waals surface area contributed by atoms with Crippen LogP contribution >= 0.6 is 0 Å². The lowest BCUT2D eigenvalue weighted by Gasteiger charge is -2.22. The van der Waals surface area contributed by atoms with Crippen molar-refractivity contribution in [2.75, 3.05) is 13.2 Å². The molecule has 0 bridgehead atoms. The zero-order valence-corrected chi connectivity index (χ0v) is 8.05. The molecule has 2 nitrogen and oxygen atoms in total. The Morgan fingerprint density at radius 1 is 1.36 bits per heavy atom. The number of hydrogen-bond acceptors (Lipinski definition) is 2. The van der Waals surface area contributed by atoms with E-state index in [1.807, 2.05) is 13.8 Å². The second-order valence-electron chi connectivity index (χ2n) is 3.95. The van der Waals surface area contributed by atoms with Crippen LogP contribution in [0.25, 0.3) is 0 Å². The maximum Gasteiger partial charge on any atom is 0.0856 e. The number of aliphatic hydroxyl groups is 1. The van der Waals surface area contributed by atoms with Gasteiger partial charge >= 0.3 is 0 Å². The molecule has 0 unspecified atom stereocenters. The topological polar surface area (TPSA) is 29.5 Å². The summed E-state index contributed by atoms with van der Waals surface area (Å²) < 4.78 is 5.44. The SMILES string of the molecule is CC(C)CCOC(C)(C)CO. The summed E-state index contributed by atoms with van der Waals surface area (Å²) in [6.45, 7) is 8.95. The van der Waals surface area contributed by atoms with Gasteiger partial charge in [0.1, 0.15) is 0 Å².